The van der Waals surface area contributed by atoms with Crippen molar-refractivity contribution in [3.63, 3.8) is 0 Å². The minimum atomic E-state index is -0.264. The van der Waals surface area contributed by atoms with Crippen LogP contribution in [0.3, 0.4) is 0 Å². The summed E-state index contributed by atoms with van der Waals surface area (Å²) in [6.45, 7) is 0. The van der Waals surface area contributed by atoms with Crippen molar-refractivity contribution in [2.24, 2.45) is 0 Å². The molecule has 116 valence electrons. The van der Waals surface area contributed by atoms with E-state index in [-0.39, 0.29) is 5.91 Å². The second-order valence-electron chi connectivity index (χ2n) is 4.83. The normalized spacial score (nSPS) is 10.5. The number of rotatable bonds is 3. The Labute approximate surface area is 142 Å². The van der Waals surface area contributed by atoms with Crippen LogP contribution in [0.1, 0.15) is 10.4 Å². The SMILES string of the molecule is Nc1nc(-c2ccc(NC(=O)c3ccc(Cl)c(Cl)c3)cc2)c[nH]1. The molecule has 0 aliphatic rings. The maximum Gasteiger partial charge on any atom is 0.255 e. The molecule has 0 unspecified atom stereocenters. The third-order valence-corrected chi connectivity index (χ3v) is 3.96. The lowest BCUT2D eigenvalue weighted by Gasteiger charge is -2.07. The molecule has 1 amide bonds. The van der Waals surface area contributed by atoms with Crippen LogP contribution in [0.4, 0.5) is 11.6 Å². The highest BCUT2D eigenvalue weighted by molar-refractivity contribution is 6.42. The predicted octanol–water partition coefficient (Wildman–Crippen LogP) is 4.22. The van der Waals surface area contributed by atoms with E-state index in [0.29, 0.717) is 27.2 Å². The molecule has 0 bridgehead atoms. The van der Waals surface area contributed by atoms with Crippen molar-refractivity contribution in [3.8, 4) is 11.3 Å². The number of hydrogen-bond acceptors (Lipinski definition) is 3. The van der Waals surface area contributed by atoms with Crippen LogP contribution >= 0.6 is 23.2 Å². The number of halogens is 2. The second-order valence-corrected chi connectivity index (χ2v) is 5.65. The summed E-state index contributed by atoms with van der Waals surface area (Å²) in [4.78, 5) is 19.2. The van der Waals surface area contributed by atoms with Gasteiger partial charge in [0.05, 0.1) is 15.7 Å². The Morgan fingerprint density at radius 1 is 1.09 bits per heavy atom. The average molecular weight is 347 g/mol. The number of aromatic amines is 1. The number of benzene rings is 2. The summed E-state index contributed by atoms with van der Waals surface area (Å²) in [5.74, 6) is 0.0947. The number of nitrogens with two attached hydrogens (primary N) is 1. The molecule has 5 nitrogen and oxygen atoms in total. The van der Waals surface area contributed by atoms with Crippen LogP contribution < -0.4 is 11.1 Å². The number of carbonyl (C=O) groups excluding carboxylic acids is 1. The van der Waals surface area contributed by atoms with Gasteiger partial charge in [0, 0.05) is 23.0 Å². The van der Waals surface area contributed by atoms with Crippen LogP contribution in [0.2, 0.25) is 10.0 Å². The number of amides is 1. The summed E-state index contributed by atoms with van der Waals surface area (Å²) < 4.78 is 0. The lowest BCUT2D eigenvalue weighted by atomic mass is 10.1. The molecule has 0 saturated heterocycles. The second kappa shape index (κ2) is 6.32. The summed E-state index contributed by atoms with van der Waals surface area (Å²) >= 11 is 11.8. The number of carbonyl (C=O) groups is 1. The molecule has 0 atom stereocenters. The van der Waals surface area contributed by atoms with Gasteiger partial charge in [0.15, 0.2) is 5.95 Å². The van der Waals surface area contributed by atoms with E-state index in [2.05, 4.69) is 15.3 Å². The molecule has 0 aliphatic carbocycles. The van der Waals surface area contributed by atoms with Crippen molar-refractivity contribution in [1.82, 2.24) is 9.97 Å². The first-order valence-corrected chi connectivity index (χ1v) is 7.46. The summed E-state index contributed by atoms with van der Waals surface area (Å²) in [5, 5.41) is 3.54. The zero-order chi connectivity index (χ0) is 16.4. The Hall–Kier alpha value is -2.50. The molecule has 2 aromatic carbocycles. The zero-order valence-corrected chi connectivity index (χ0v) is 13.3. The van der Waals surface area contributed by atoms with E-state index in [1.165, 1.54) is 6.07 Å². The van der Waals surface area contributed by atoms with E-state index >= 15 is 0 Å². The van der Waals surface area contributed by atoms with Crippen LogP contribution in [0.25, 0.3) is 11.3 Å². The first kappa shape index (κ1) is 15.4. The number of imidazole rings is 1. The first-order chi connectivity index (χ1) is 11.0. The molecule has 0 saturated carbocycles. The highest BCUT2D eigenvalue weighted by Gasteiger charge is 2.09. The highest BCUT2D eigenvalue weighted by atomic mass is 35.5. The van der Waals surface area contributed by atoms with Gasteiger partial charge in [-0.25, -0.2) is 4.98 Å². The Balaban J connectivity index is 1.75. The lowest BCUT2D eigenvalue weighted by molar-refractivity contribution is 0.102. The maximum atomic E-state index is 12.2. The number of nitrogens with one attached hydrogen (secondary N) is 2. The van der Waals surface area contributed by atoms with Crippen LogP contribution in [0, 0.1) is 0 Å². The molecule has 0 aliphatic heterocycles. The topological polar surface area (TPSA) is 83.8 Å². The van der Waals surface area contributed by atoms with E-state index in [9.17, 15) is 4.79 Å². The number of nitrogen functional groups attached to an aromatic ring is 1. The highest BCUT2D eigenvalue weighted by Crippen LogP contribution is 2.24. The average Bonchev–Trinajstić information content (AvgIpc) is 2.97. The summed E-state index contributed by atoms with van der Waals surface area (Å²) in [7, 11) is 0. The van der Waals surface area contributed by atoms with Gasteiger partial charge in [-0.3, -0.25) is 4.79 Å². The molecule has 0 radical (unpaired) electrons. The van der Waals surface area contributed by atoms with Crippen molar-refractivity contribution in [3.05, 3.63) is 64.3 Å². The van der Waals surface area contributed by atoms with Gasteiger partial charge in [0.1, 0.15) is 0 Å². The van der Waals surface area contributed by atoms with Crippen molar-refractivity contribution in [1.29, 1.82) is 0 Å². The minimum Gasteiger partial charge on any atom is -0.369 e. The van der Waals surface area contributed by atoms with Crippen LogP contribution in [0.5, 0.6) is 0 Å². The smallest absolute Gasteiger partial charge is 0.255 e. The van der Waals surface area contributed by atoms with Crippen molar-refractivity contribution in [2.45, 2.75) is 0 Å². The summed E-state index contributed by atoms with van der Waals surface area (Å²) in [6, 6.07) is 12.0. The monoisotopic (exact) mass is 346 g/mol. The molecular weight excluding hydrogens is 335 g/mol. The van der Waals surface area contributed by atoms with E-state index in [0.717, 1.165) is 11.3 Å². The summed E-state index contributed by atoms with van der Waals surface area (Å²) in [6.07, 6.45) is 1.72. The molecule has 4 N–H and O–H groups in total. The van der Waals surface area contributed by atoms with Gasteiger partial charge < -0.3 is 16.0 Å². The Morgan fingerprint density at radius 2 is 1.83 bits per heavy atom. The molecule has 3 rings (SSSR count). The van der Waals surface area contributed by atoms with Crippen molar-refractivity contribution >= 4 is 40.7 Å². The first-order valence-electron chi connectivity index (χ1n) is 6.70. The van der Waals surface area contributed by atoms with Gasteiger partial charge in [0.2, 0.25) is 0 Å². The number of nitrogens with zero attached hydrogens (tertiary/aromatic N) is 1. The molecule has 7 heteroatoms. The standard InChI is InChI=1S/C16H12Cl2N4O/c17-12-6-3-10(7-13(12)18)15(23)21-11-4-1-9(2-5-11)14-8-20-16(19)22-14/h1-8H,(H,21,23)(H3,19,20,22). The van der Waals surface area contributed by atoms with E-state index in [4.69, 9.17) is 28.9 Å². The lowest BCUT2D eigenvalue weighted by Crippen LogP contribution is -2.11. The molecule has 0 fully saturated rings. The van der Waals surface area contributed by atoms with Gasteiger partial charge in [-0.2, -0.15) is 0 Å². The van der Waals surface area contributed by atoms with Gasteiger partial charge in [-0.05, 0) is 30.3 Å². The number of hydrogen-bond donors (Lipinski definition) is 3. The van der Waals surface area contributed by atoms with Gasteiger partial charge in [0.25, 0.3) is 5.91 Å². The van der Waals surface area contributed by atoms with Crippen molar-refractivity contribution in [2.75, 3.05) is 11.1 Å². The van der Waals surface area contributed by atoms with E-state index < -0.39 is 0 Å². The summed E-state index contributed by atoms with van der Waals surface area (Å²) in [5.41, 5.74) is 8.28. The third-order valence-electron chi connectivity index (χ3n) is 3.22. The number of aromatic nitrogens is 2. The Morgan fingerprint density at radius 3 is 2.43 bits per heavy atom. The zero-order valence-electron chi connectivity index (χ0n) is 11.8. The fraction of sp³-hybridized carbons (Fsp3) is 0. The van der Waals surface area contributed by atoms with Gasteiger partial charge >= 0.3 is 0 Å². The van der Waals surface area contributed by atoms with Gasteiger partial charge in [-0.15, -0.1) is 0 Å². The van der Waals surface area contributed by atoms with Crippen LogP contribution in [-0.4, -0.2) is 15.9 Å². The van der Waals surface area contributed by atoms with Crippen LogP contribution in [-0.2, 0) is 0 Å². The molecule has 3 aromatic rings. The minimum absolute atomic E-state index is 0.264. The third kappa shape index (κ3) is 3.47. The largest absolute Gasteiger partial charge is 0.369 e. The van der Waals surface area contributed by atoms with Crippen LogP contribution in [0.15, 0.2) is 48.7 Å². The molecule has 23 heavy (non-hydrogen) atoms. The molecular formula is C16H12Cl2N4O. The van der Waals surface area contributed by atoms with E-state index in [1.54, 1.807) is 30.5 Å². The van der Waals surface area contributed by atoms with Crippen molar-refractivity contribution < 1.29 is 4.79 Å². The van der Waals surface area contributed by atoms with Gasteiger partial charge in [-0.1, -0.05) is 35.3 Å². The Bertz CT molecular complexity index is 859. The molecule has 0 spiro atoms. The quantitative estimate of drug-likeness (QED) is 0.663. The fourth-order valence-corrected chi connectivity index (χ4v) is 2.35. The number of H-pyrrole nitrogens is 1. The fourth-order valence-electron chi connectivity index (χ4n) is 2.05. The molecule has 1 heterocycles. The Kier molecular flexibility index (Phi) is 4.23. The van der Waals surface area contributed by atoms with E-state index in [1.807, 2.05) is 12.1 Å². The molecule has 1 aromatic heterocycles. The maximum absolute atomic E-state index is 12.2. The number of anilines is 2. The predicted molar refractivity (Wildman–Crippen MR) is 92.9 cm³/mol.